The monoisotopic (exact) mass is 448 g/mol. The predicted octanol–water partition coefficient (Wildman–Crippen LogP) is 6.77. The van der Waals surface area contributed by atoms with Gasteiger partial charge in [-0.05, 0) is 55.7 Å². The number of benzene rings is 2. The molecule has 2 aromatic carbocycles. The van der Waals surface area contributed by atoms with Gasteiger partial charge in [0.25, 0.3) is 0 Å². The second kappa shape index (κ2) is 12.9. The van der Waals surface area contributed by atoms with Crippen molar-refractivity contribution in [1.82, 2.24) is 0 Å². The smallest absolute Gasteiger partial charge is 0.338 e. The molecule has 0 radical (unpaired) electrons. The minimum absolute atomic E-state index is 0.289. The molecular weight excluding hydrogens is 414 g/mol. The van der Waals surface area contributed by atoms with Gasteiger partial charge >= 0.3 is 5.97 Å². The van der Waals surface area contributed by atoms with E-state index in [1.165, 1.54) is 28.8 Å². The number of fused-ring (bicyclic) bond motifs is 3. The van der Waals surface area contributed by atoms with Crippen LogP contribution in [0.15, 0.2) is 83.3 Å². The van der Waals surface area contributed by atoms with Crippen molar-refractivity contribution in [3.8, 4) is 0 Å². The number of ether oxygens (including phenoxy) is 1. The number of allylic oxidation sites excluding steroid dienone is 7. The van der Waals surface area contributed by atoms with Crippen LogP contribution in [0.1, 0.15) is 55.6 Å². The molecule has 2 aliphatic rings. The van der Waals surface area contributed by atoms with Crippen molar-refractivity contribution in [1.29, 1.82) is 0 Å². The van der Waals surface area contributed by atoms with Gasteiger partial charge < -0.3 is 10.1 Å². The van der Waals surface area contributed by atoms with Crippen molar-refractivity contribution < 1.29 is 14.8 Å². The van der Waals surface area contributed by atoms with E-state index < -0.39 is 0 Å². The Balaban J connectivity index is 0.000000547. The van der Waals surface area contributed by atoms with Crippen LogP contribution in [-0.2, 0) is 4.74 Å². The molecule has 0 spiro atoms. The van der Waals surface area contributed by atoms with Gasteiger partial charge in [-0.1, -0.05) is 74.2 Å². The van der Waals surface area contributed by atoms with Crippen LogP contribution in [0.5, 0.6) is 0 Å². The van der Waals surface area contributed by atoms with Crippen molar-refractivity contribution in [3.05, 3.63) is 95.1 Å². The maximum Gasteiger partial charge on any atom is 0.338 e. The van der Waals surface area contributed by atoms with Gasteiger partial charge in [-0.2, -0.15) is 0 Å². The van der Waals surface area contributed by atoms with Gasteiger partial charge in [-0.15, -0.1) is 0 Å². The van der Waals surface area contributed by atoms with Crippen molar-refractivity contribution in [2.75, 3.05) is 14.2 Å². The Labute approximate surface area is 197 Å². The molecule has 2 aromatic rings. The van der Waals surface area contributed by atoms with E-state index in [4.69, 9.17) is 4.74 Å². The van der Waals surface area contributed by atoms with Crippen molar-refractivity contribution >= 4 is 33.9 Å². The Bertz CT molecular complexity index is 1060. The Morgan fingerprint density at radius 3 is 2.44 bits per heavy atom. The summed E-state index contributed by atoms with van der Waals surface area (Å²) in [5.74, 6) is -0.289. The lowest BCUT2D eigenvalue weighted by Gasteiger charge is -2.28. The second-order valence-electron chi connectivity index (χ2n) is 6.84. The zero-order valence-corrected chi connectivity index (χ0v) is 20.8. The summed E-state index contributed by atoms with van der Waals surface area (Å²) in [6.07, 6.45) is 11.2. The topological polar surface area (TPSA) is 42.9 Å². The summed E-state index contributed by atoms with van der Waals surface area (Å²) in [7, 11) is 3.50. The number of para-hydroxylation sites is 1. The number of hydrogen-bond donors (Lipinski definition) is 1. The fourth-order valence-corrected chi connectivity index (χ4v) is 4.83. The summed E-state index contributed by atoms with van der Waals surface area (Å²) in [4.78, 5) is 14.7. The van der Waals surface area contributed by atoms with Gasteiger partial charge in [-0.25, -0.2) is 4.79 Å². The normalized spacial score (nSPS) is 13.8. The van der Waals surface area contributed by atoms with Crippen LogP contribution < -0.4 is 5.32 Å². The first-order chi connectivity index (χ1) is 15.7. The maximum atomic E-state index is 12.3. The molecule has 2 N–H and O–H groups in total. The van der Waals surface area contributed by atoms with E-state index in [1.807, 2.05) is 52.0 Å². The van der Waals surface area contributed by atoms with Crippen LogP contribution in [0, 0.1) is 0 Å². The molecular formula is C28H34NO2S+. The highest BCUT2D eigenvalue weighted by Gasteiger charge is 2.30. The number of quaternary nitrogens is 1. The number of thioether (sulfide) groups is 1. The number of esters is 1. The molecule has 0 aromatic heterocycles. The fourth-order valence-electron chi connectivity index (χ4n) is 3.53. The lowest BCUT2D eigenvalue weighted by Crippen LogP contribution is -2.73. The van der Waals surface area contributed by atoms with Crippen molar-refractivity contribution in [2.45, 2.75) is 39.0 Å². The van der Waals surface area contributed by atoms with Crippen LogP contribution in [-0.4, -0.2) is 20.1 Å². The van der Waals surface area contributed by atoms with Crippen LogP contribution in [0.4, 0.5) is 5.69 Å². The third-order valence-electron chi connectivity index (χ3n) is 5.08. The number of hydrogen-bond acceptors (Lipinski definition) is 3. The summed E-state index contributed by atoms with van der Waals surface area (Å²) in [5, 5.41) is 2.14. The highest BCUT2D eigenvalue weighted by atomic mass is 32.2. The molecule has 3 nitrogen and oxygen atoms in total. The number of carbonyl (C=O) groups is 1. The van der Waals surface area contributed by atoms with E-state index in [0.717, 1.165) is 22.5 Å². The van der Waals surface area contributed by atoms with Crippen molar-refractivity contribution in [3.63, 3.8) is 0 Å². The first-order valence-electron chi connectivity index (χ1n) is 11.1. The SMILES string of the molecule is C/C=C\C.CC.C[NH2+]c1ccccc1C1=C2CC=CC=C2c2c(cccc2C(=O)OC)S1. The van der Waals surface area contributed by atoms with Crippen LogP contribution in [0.2, 0.25) is 0 Å². The van der Waals surface area contributed by atoms with Crippen LogP contribution in [0.3, 0.4) is 0 Å². The molecule has 0 saturated carbocycles. The van der Waals surface area contributed by atoms with Gasteiger partial charge in [0, 0.05) is 20.9 Å². The number of nitrogens with two attached hydrogens (primary N) is 1. The molecule has 4 rings (SSSR count). The van der Waals surface area contributed by atoms with E-state index in [0.29, 0.717) is 5.56 Å². The molecule has 0 amide bonds. The predicted molar refractivity (Wildman–Crippen MR) is 138 cm³/mol. The Hall–Kier alpha value is -2.82. The Morgan fingerprint density at radius 2 is 1.78 bits per heavy atom. The number of carbonyl (C=O) groups excluding carboxylic acids is 1. The standard InChI is InChI=1S/C22H19NO2S.C4H8.C2H6/c1-23-18-12-6-5-10-16(18)21-15-9-4-3-8-14(15)20-17(22(24)25-2)11-7-13-19(20)26-21;1-3-4-2;1-2/h3-8,10-13,23H,9H2,1-2H3;3-4H,1-2H3;1-2H3/p+1/b;4-3-;. The van der Waals surface area contributed by atoms with Gasteiger partial charge in [0.2, 0.25) is 0 Å². The maximum absolute atomic E-state index is 12.3. The van der Waals surface area contributed by atoms with E-state index in [1.54, 1.807) is 11.8 Å². The zero-order valence-electron chi connectivity index (χ0n) is 19.9. The van der Waals surface area contributed by atoms with E-state index in [-0.39, 0.29) is 5.97 Å². The molecule has 0 unspecified atom stereocenters. The van der Waals surface area contributed by atoms with E-state index in [2.05, 4.69) is 60.9 Å². The fraction of sp³-hybridized carbons (Fsp3) is 0.250. The van der Waals surface area contributed by atoms with E-state index in [9.17, 15) is 4.79 Å². The van der Waals surface area contributed by atoms with E-state index >= 15 is 0 Å². The quantitative estimate of drug-likeness (QED) is 0.320. The average Bonchev–Trinajstić information content (AvgIpc) is 2.88. The number of rotatable bonds is 3. The number of methoxy groups -OCH3 is 1. The summed E-state index contributed by atoms with van der Waals surface area (Å²) in [5.41, 5.74) is 6.49. The average molecular weight is 449 g/mol. The minimum atomic E-state index is -0.289. The Kier molecular flexibility index (Phi) is 10.3. The third kappa shape index (κ3) is 5.50. The highest BCUT2D eigenvalue weighted by Crippen LogP contribution is 2.52. The first kappa shape index (κ1) is 25.4. The first-order valence-corrected chi connectivity index (χ1v) is 11.9. The molecule has 0 fully saturated rings. The zero-order chi connectivity index (χ0) is 23.5. The molecule has 168 valence electrons. The van der Waals surface area contributed by atoms with Gasteiger partial charge in [-0.3, -0.25) is 0 Å². The third-order valence-corrected chi connectivity index (χ3v) is 6.31. The lowest BCUT2D eigenvalue weighted by atomic mass is 9.87. The van der Waals surface area contributed by atoms with Gasteiger partial charge in [0.1, 0.15) is 5.69 Å². The highest BCUT2D eigenvalue weighted by molar-refractivity contribution is 8.08. The lowest BCUT2D eigenvalue weighted by molar-refractivity contribution is -0.539. The molecule has 0 saturated heterocycles. The summed E-state index contributed by atoms with van der Waals surface area (Å²) in [6, 6.07) is 14.3. The minimum Gasteiger partial charge on any atom is -0.465 e. The molecule has 0 bridgehead atoms. The van der Waals surface area contributed by atoms with Gasteiger partial charge in [0.15, 0.2) is 0 Å². The molecule has 1 aliphatic carbocycles. The molecule has 0 atom stereocenters. The summed E-state index contributed by atoms with van der Waals surface area (Å²) < 4.78 is 5.02. The molecule has 4 heteroatoms. The molecule has 1 aliphatic heterocycles. The van der Waals surface area contributed by atoms with Gasteiger partial charge in [0.05, 0.1) is 19.7 Å². The molecule has 32 heavy (non-hydrogen) atoms. The Morgan fingerprint density at radius 1 is 1.06 bits per heavy atom. The second-order valence-corrected chi connectivity index (χ2v) is 7.89. The molecule has 1 heterocycles. The van der Waals surface area contributed by atoms with Crippen molar-refractivity contribution in [2.24, 2.45) is 0 Å². The summed E-state index contributed by atoms with van der Waals surface area (Å²) >= 11 is 1.74. The van der Waals surface area contributed by atoms with Crippen LogP contribution in [0.25, 0.3) is 10.5 Å². The summed E-state index contributed by atoms with van der Waals surface area (Å²) in [6.45, 7) is 8.00. The van der Waals surface area contributed by atoms with Crippen LogP contribution >= 0.6 is 11.8 Å². The largest absolute Gasteiger partial charge is 0.465 e.